The summed E-state index contributed by atoms with van der Waals surface area (Å²) in [6.07, 6.45) is 9.68. The Bertz CT molecular complexity index is 1340. The highest BCUT2D eigenvalue weighted by atomic mass is 19.1. The first-order chi connectivity index (χ1) is 18.2. The molecule has 2 amide bonds. The largest absolute Gasteiger partial charge is 0.356 e. The van der Waals surface area contributed by atoms with Crippen molar-refractivity contribution in [1.29, 1.82) is 0 Å². The molecule has 0 saturated carbocycles. The first-order valence-electron chi connectivity index (χ1n) is 13.7. The smallest absolute Gasteiger partial charge is 0.256 e. The summed E-state index contributed by atoms with van der Waals surface area (Å²) < 4.78 is 16.4. The van der Waals surface area contributed by atoms with Crippen LogP contribution >= 0.6 is 0 Å². The summed E-state index contributed by atoms with van der Waals surface area (Å²) in [5.74, 6) is 0.528. The molecule has 0 bridgehead atoms. The molecule has 2 aliphatic heterocycles. The molecule has 202 valence electrons. The molecule has 8 heteroatoms. The summed E-state index contributed by atoms with van der Waals surface area (Å²) in [6.45, 7) is 9.85. The van der Waals surface area contributed by atoms with Crippen molar-refractivity contribution in [2.24, 2.45) is 11.8 Å². The predicted octanol–water partition coefficient (Wildman–Crippen LogP) is 4.34. The van der Waals surface area contributed by atoms with E-state index in [0.717, 1.165) is 61.9 Å². The second kappa shape index (κ2) is 10.8. The molecule has 5 rings (SSSR count). The van der Waals surface area contributed by atoms with Crippen molar-refractivity contribution >= 4 is 22.7 Å². The average molecular weight is 520 g/mol. The van der Waals surface area contributed by atoms with Crippen molar-refractivity contribution in [3.05, 3.63) is 59.3 Å². The number of hydrogen-bond donors (Lipinski definition) is 1. The molecular formula is C30H38FN5O2. The molecular weight excluding hydrogens is 481 g/mol. The first kappa shape index (κ1) is 26.4. The summed E-state index contributed by atoms with van der Waals surface area (Å²) in [6, 6.07) is 4.45. The maximum atomic E-state index is 14.3. The summed E-state index contributed by atoms with van der Waals surface area (Å²) in [7, 11) is 1.75. The zero-order chi connectivity index (χ0) is 27.0. The average Bonchev–Trinajstić information content (AvgIpc) is 3.47. The third kappa shape index (κ3) is 5.32. The van der Waals surface area contributed by atoms with Crippen molar-refractivity contribution in [2.75, 3.05) is 33.2 Å². The first-order valence-corrected chi connectivity index (χ1v) is 13.7. The van der Waals surface area contributed by atoms with Crippen molar-refractivity contribution in [1.82, 2.24) is 24.7 Å². The maximum Gasteiger partial charge on any atom is 0.256 e. The molecule has 2 saturated heterocycles. The highest BCUT2D eigenvalue weighted by Gasteiger charge is 2.28. The number of likely N-dealkylation sites (tertiary alicyclic amines) is 1. The molecule has 4 heterocycles. The number of rotatable bonds is 7. The van der Waals surface area contributed by atoms with Gasteiger partial charge < -0.3 is 19.7 Å². The van der Waals surface area contributed by atoms with Crippen LogP contribution < -0.4 is 5.32 Å². The molecule has 38 heavy (non-hydrogen) atoms. The van der Waals surface area contributed by atoms with E-state index in [1.54, 1.807) is 18.0 Å². The SMILES string of the molecule is Cc1cncc2c1c(CC1CCN(C[C@@H]3CNC(=O)C3)CC1)cn2-c1ccc(F)cc1C(=O)N(C)C(C)C. The van der Waals surface area contributed by atoms with Gasteiger partial charge in [0.1, 0.15) is 5.82 Å². The van der Waals surface area contributed by atoms with Gasteiger partial charge in [0.2, 0.25) is 5.91 Å². The fourth-order valence-corrected chi connectivity index (χ4v) is 5.95. The number of carbonyl (C=O) groups is 2. The van der Waals surface area contributed by atoms with Gasteiger partial charge >= 0.3 is 0 Å². The molecule has 3 aromatic rings. The van der Waals surface area contributed by atoms with E-state index in [1.807, 2.05) is 30.8 Å². The topological polar surface area (TPSA) is 70.5 Å². The summed E-state index contributed by atoms with van der Waals surface area (Å²) in [5, 5.41) is 4.11. The molecule has 2 aliphatic rings. The lowest BCUT2D eigenvalue weighted by atomic mass is 9.89. The maximum absolute atomic E-state index is 14.3. The fraction of sp³-hybridized carbons (Fsp3) is 0.500. The van der Waals surface area contributed by atoms with Gasteiger partial charge in [0.05, 0.1) is 23.0 Å². The number of hydrogen-bond acceptors (Lipinski definition) is 4. The lowest BCUT2D eigenvalue weighted by Crippen LogP contribution is -2.38. The number of pyridine rings is 1. The van der Waals surface area contributed by atoms with Crippen LogP contribution in [0.2, 0.25) is 0 Å². The van der Waals surface area contributed by atoms with E-state index < -0.39 is 5.82 Å². The minimum absolute atomic E-state index is 0.00390. The van der Waals surface area contributed by atoms with E-state index in [9.17, 15) is 14.0 Å². The Kier molecular flexibility index (Phi) is 7.52. The lowest BCUT2D eigenvalue weighted by molar-refractivity contribution is -0.119. The Labute approximate surface area is 224 Å². The highest BCUT2D eigenvalue weighted by molar-refractivity contribution is 5.99. The Morgan fingerprint density at radius 3 is 2.66 bits per heavy atom. The minimum atomic E-state index is -0.426. The van der Waals surface area contributed by atoms with E-state index in [0.29, 0.717) is 29.5 Å². The van der Waals surface area contributed by atoms with E-state index in [1.165, 1.54) is 17.7 Å². The molecule has 1 aromatic carbocycles. The number of halogens is 1. The quantitative estimate of drug-likeness (QED) is 0.504. The number of benzene rings is 1. The van der Waals surface area contributed by atoms with E-state index in [2.05, 4.69) is 28.3 Å². The van der Waals surface area contributed by atoms with Crippen molar-refractivity contribution < 1.29 is 14.0 Å². The number of aryl methyl sites for hydroxylation is 1. The second-order valence-electron chi connectivity index (χ2n) is 11.4. The summed E-state index contributed by atoms with van der Waals surface area (Å²) >= 11 is 0. The van der Waals surface area contributed by atoms with Crippen LogP contribution in [0.4, 0.5) is 4.39 Å². The predicted molar refractivity (Wildman–Crippen MR) is 147 cm³/mol. The van der Waals surface area contributed by atoms with Gasteiger partial charge in [-0.3, -0.25) is 14.6 Å². The Morgan fingerprint density at radius 1 is 1.21 bits per heavy atom. The van der Waals surface area contributed by atoms with E-state index >= 15 is 0 Å². The van der Waals surface area contributed by atoms with Crippen LogP contribution in [0.15, 0.2) is 36.8 Å². The molecule has 1 atom stereocenters. The number of nitrogens with zero attached hydrogens (tertiary/aromatic N) is 4. The van der Waals surface area contributed by atoms with E-state index in [4.69, 9.17) is 0 Å². The van der Waals surface area contributed by atoms with Gasteiger partial charge in [0, 0.05) is 50.4 Å². The zero-order valence-electron chi connectivity index (χ0n) is 22.8. The third-order valence-corrected chi connectivity index (χ3v) is 8.32. The Balaban J connectivity index is 1.41. The molecule has 7 nitrogen and oxygen atoms in total. The highest BCUT2D eigenvalue weighted by Crippen LogP contribution is 2.33. The monoisotopic (exact) mass is 519 g/mol. The normalized spacial score (nSPS) is 18.9. The molecule has 0 spiro atoms. The van der Waals surface area contributed by atoms with Crippen molar-refractivity contribution in [3.63, 3.8) is 0 Å². The number of amides is 2. The Morgan fingerprint density at radius 2 is 1.97 bits per heavy atom. The van der Waals surface area contributed by atoms with Gasteiger partial charge in [0.15, 0.2) is 0 Å². The van der Waals surface area contributed by atoms with Gasteiger partial charge in [-0.15, -0.1) is 0 Å². The van der Waals surface area contributed by atoms with Crippen LogP contribution in [0.3, 0.4) is 0 Å². The van der Waals surface area contributed by atoms with E-state index in [-0.39, 0.29) is 17.9 Å². The van der Waals surface area contributed by atoms with Crippen molar-refractivity contribution in [2.45, 2.75) is 52.5 Å². The van der Waals surface area contributed by atoms with Gasteiger partial charge in [-0.2, -0.15) is 0 Å². The minimum Gasteiger partial charge on any atom is -0.356 e. The van der Waals surface area contributed by atoms with Crippen molar-refractivity contribution in [3.8, 4) is 5.69 Å². The zero-order valence-corrected chi connectivity index (χ0v) is 22.8. The second-order valence-corrected chi connectivity index (χ2v) is 11.4. The summed E-state index contributed by atoms with van der Waals surface area (Å²) in [5.41, 5.74) is 4.29. The van der Waals surface area contributed by atoms with Crippen LogP contribution in [-0.2, 0) is 11.2 Å². The van der Waals surface area contributed by atoms with Crippen LogP contribution in [-0.4, -0.2) is 70.4 Å². The van der Waals surface area contributed by atoms with Crippen LogP contribution in [0, 0.1) is 24.6 Å². The Hall–Kier alpha value is -3.26. The molecule has 0 aliphatic carbocycles. The van der Waals surface area contributed by atoms with Crippen LogP contribution in [0.5, 0.6) is 0 Å². The third-order valence-electron chi connectivity index (χ3n) is 8.32. The molecule has 0 radical (unpaired) electrons. The lowest BCUT2D eigenvalue weighted by Gasteiger charge is -2.33. The number of piperidine rings is 1. The van der Waals surface area contributed by atoms with Crippen LogP contribution in [0.25, 0.3) is 16.6 Å². The van der Waals surface area contributed by atoms with Gasteiger partial charge in [-0.1, -0.05) is 0 Å². The summed E-state index contributed by atoms with van der Waals surface area (Å²) in [4.78, 5) is 33.5. The molecule has 1 N–H and O–H groups in total. The van der Waals surface area contributed by atoms with Crippen LogP contribution in [0.1, 0.15) is 54.6 Å². The number of aromatic nitrogens is 2. The molecule has 2 aromatic heterocycles. The van der Waals surface area contributed by atoms with Gasteiger partial charge in [-0.05, 0) is 94.3 Å². The van der Waals surface area contributed by atoms with Gasteiger partial charge in [0.25, 0.3) is 5.91 Å². The number of nitrogens with one attached hydrogen (secondary N) is 1. The molecule has 2 fully saturated rings. The van der Waals surface area contributed by atoms with Gasteiger partial charge in [-0.25, -0.2) is 4.39 Å². The standard InChI is InChI=1S/C30H38FN5O2/c1-19(2)34(4)30(38)25-13-24(31)5-6-26(25)36-18-23(29-20(3)14-32-16-27(29)36)11-21-7-9-35(10-8-21)17-22-12-28(37)33-15-22/h5-6,13-14,16,18-19,21-22H,7-12,15,17H2,1-4H3,(H,33,37)/t22-/m0/s1. The number of carbonyl (C=O) groups excluding carboxylic acids is 2. The molecule has 0 unspecified atom stereocenters. The fourth-order valence-electron chi connectivity index (χ4n) is 5.95. The number of fused-ring (bicyclic) bond motifs is 1.